The lowest BCUT2D eigenvalue weighted by molar-refractivity contribution is -0.139. The van der Waals surface area contributed by atoms with Crippen LogP contribution >= 0.6 is 0 Å². The zero-order chi connectivity index (χ0) is 16.0. The molecule has 0 spiro atoms. The Kier molecular flexibility index (Phi) is 6.21. The number of nitrogens with zero attached hydrogens (tertiary/aromatic N) is 1. The van der Waals surface area contributed by atoms with E-state index in [9.17, 15) is 14.7 Å². The SMILES string of the molecule is CCN(C(=O)N[C@H](CC(C)C)C(=O)O)c1ccc(C)cc1. The van der Waals surface area contributed by atoms with Crippen molar-refractivity contribution in [3.63, 3.8) is 0 Å². The predicted molar refractivity (Wildman–Crippen MR) is 83.6 cm³/mol. The van der Waals surface area contributed by atoms with Crippen LogP contribution in [0.3, 0.4) is 0 Å². The van der Waals surface area contributed by atoms with Gasteiger partial charge in [0, 0.05) is 12.2 Å². The van der Waals surface area contributed by atoms with Crippen LogP contribution in [0.1, 0.15) is 32.8 Å². The minimum atomic E-state index is -1.00. The van der Waals surface area contributed by atoms with Crippen molar-refractivity contribution < 1.29 is 14.7 Å². The number of carbonyl (C=O) groups excluding carboxylic acids is 1. The summed E-state index contributed by atoms with van der Waals surface area (Å²) in [6, 6.07) is 6.32. The Morgan fingerprint density at radius 3 is 2.24 bits per heavy atom. The highest BCUT2D eigenvalue weighted by Crippen LogP contribution is 2.15. The van der Waals surface area contributed by atoms with Gasteiger partial charge in [-0.2, -0.15) is 0 Å². The highest BCUT2D eigenvalue weighted by molar-refractivity contribution is 5.94. The second-order valence-corrected chi connectivity index (χ2v) is 5.55. The summed E-state index contributed by atoms with van der Waals surface area (Å²) in [4.78, 5) is 25.1. The normalized spacial score (nSPS) is 12.0. The van der Waals surface area contributed by atoms with Crippen molar-refractivity contribution >= 4 is 17.7 Å². The molecule has 2 amide bonds. The van der Waals surface area contributed by atoms with Crippen LogP contribution in [0.4, 0.5) is 10.5 Å². The molecule has 1 aromatic rings. The van der Waals surface area contributed by atoms with E-state index in [-0.39, 0.29) is 11.9 Å². The summed E-state index contributed by atoms with van der Waals surface area (Å²) in [5, 5.41) is 11.8. The molecular formula is C16H24N2O3. The summed E-state index contributed by atoms with van der Waals surface area (Å²) in [6.07, 6.45) is 0.409. The average molecular weight is 292 g/mol. The van der Waals surface area contributed by atoms with Gasteiger partial charge in [-0.3, -0.25) is 4.90 Å². The minimum absolute atomic E-state index is 0.195. The van der Waals surface area contributed by atoms with Crippen molar-refractivity contribution in [2.75, 3.05) is 11.4 Å². The fourth-order valence-electron chi connectivity index (χ4n) is 2.09. The second-order valence-electron chi connectivity index (χ2n) is 5.55. The van der Waals surface area contributed by atoms with E-state index in [1.165, 1.54) is 4.90 Å². The Balaban J connectivity index is 2.82. The standard InChI is InChI=1S/C16H24N2O3/c1-5-18(13-8-6-12(4)7-9-13)16(21)17-14(15(19)20)10-11(2)3/h6-9,11,14H,5,10H2,1-4H3,(H,17,21)(H,19,20)/t14-/m1/s1. The van der Waals surface area contributed by atoms with Gasteiger partial charge in [0.05, 0.1) is 0 Å². The number of rotatable bonds is 6. The lowest BCUT2D eigenvalue weighted by Gasteiger charge is -2.24. The Morgan fingerprint density at radius 2 is 1.81 bits per heavy atom. The number of aliphatic carboxylic acids is 1. The molecule has 0 radical (unpaired) electrons. The maximum atomic E-state index is 12.3. The maximum Gasteiger partial charge on any atom is 0.326 e. The maximum absolute atomic E-state index is 12.3. The molecule has 0 aliphatic carbocycles. The topological polar surface area (TPSA) is 69.6 Å². The first-order valence-electron chi connectivity index (χ1n) is 7.22. The number of anilines is 1. The summed E-state index contributed by atoms with van der Waals surface area (Å²) in [5.74, 6) is -0.808. The molecule has 1 atom stereocenters. The lowest BCUT2D eigenvalue weighted by atomic mass is 10.0. The van der Waals surface area contributed by atoms with Crippen LogP contribution in [0.2, 0.25) is 0 Å². The molecule has 0 heterocycles. The van der Waals surface area contributed by atoms with Gasteiger partial charge in [0.1, 0.15) is 6.04 Å². The van der Waals surface area contributed by atoms with Gasteiger partial charge in [0.2, 0.25) is 0 Å². The fourth-order valence-corrected chi connectivity index (χ4v) is 2.09. The quantitative estimate of drug-likeness (QED) is 0.846. The van der Waals surface area contributed by atoms with Crippen molar-refractivity contribution in [2.45, 2.75) is 40.2 Å². The van der Waals surface area contributed by atoms with Crippen LogP contribution in [-0.4, -0.2) is 29.7 Å². The minimum Gasteiger partial charge on any atom is -0.480 e. The van der Waals surface area contributed by atoms with Gasteiger partial charge in [-0.15, -0.1) is 0 Å². The molecule has 116 valence electrons. The van der Waals surface area contributed by atoms with Gasteiger partial charge >= 0.3 is 12.0 Å². The summed E-state index contributed by atoms with van der Waals surface area (Å²) < 4.78 is 0. The number of benzene rings is 1. The number of urea groups is 1. The number of amides is 2. The molecule has 0 aliphatic heterocycles. The van der Waals surface area contributed by atoms with Crippen molar-refractivity contribution in [2.24, 2.45) is 5.92 Å². The van der Waals surface area contributed by atoms with Crippen molar-refractivity contribution in [1.29, 1.82) is 0 Å². The van der Waals surface area contributed by atoms with Crippen LogP contribution < -0.4 is 10.2 Å². The van der Waals surface area contributed by atoms with Crippen LogP contribution in [0.15, 0.2) is 24.3 Å². The second kappa shape index (κ2) is 7.67. The molecule has 0 unspecified atom stereocenters. The van der Waals surface area contributed by atoms with Gasteiger partial charge < -0.3 is 10.4 Å². The van der Waals surface area contributed by atoms with Gasteiger partial charge in [-0.1, -0.05) is 31.5 Å². The van der Waals surface area contributed by atoms with E-state index < -0.39 is 12.0 Å². The van der Waals surface area contributed by atoms with E-state index in [1.807, 2.05) is 52.0 Å². The summed E-state index contributed by atoms with van der Waals surface area (Å²) in [7, 11) is 0. The Morgan fingerprint density at radius 1 is 1.24 bits per heavy atom. The molecular weight excluding hydrogens is 268 g/mol. The summed E-state index contributed by atoms with van der Waals surface area (Å²) in [5.41, 5.74) is 1.87. The third-order valence-electron chi connectivity index (χ3n) is 3.21. The van der Waals surface area contributed by atoms with Crippen LogP contribution in [0.5, 0.6) is 0 Å². The van der Waals surface area contributed by atoms with Crippen LogP contribution in [-0.2, 0) is 4.79 Å². The monoisotopic (exact) mass is 292 g/mol. The number of hydrogen-bond acceptors (Lipinski definition) is 2. The van der Waals surface area contributed by atoms with Gasteiger partial charge in [-0.05, 0) is 38.3 Å². The molecule has 21 heavy (non-hydrogen) atoms. The number of carboxylic acid groups (broad SMARTS) is 1. The van der Waals surface area contributed by atoms with Crippen molar-refractivity contribution in [3.8, 4) is 0 Å². The first-order chi connectivity index (χ1) is 9.85. The Labute approximate surface area is 126 Å². The zero-order valence-corrected chi connectivity index (χ0v) is 13.1. The molecule has 5 nitrogen and oxygen atoms in total. The summed E-state index contributed by atoms with van der Waals surface area (Å²) >= 11 is 0. The largest absolute Gasteiger partial charge is 0.480 e. The van der Waals surface area contributed by atoms with Gasteiger partial charge in [-0.25, -0.2) is 9.59 Å². The molecule has 1 rings (SSSR count). The first kappa shape index (κ1) is 17.0. The average Bonchev–Trinajstić information content (AvgIpc) is 2.40. The number of carboxylic acids is 1. The molecule has 1 aromatic carbocycles. The molecule has 0 bridgehead atoms. The van der Waals surface area contributed by atoms with Crippen LogP contribution in [0, 0.1) is 12.8 Å². The molecule has 2 N–H and O–H groups in total. The highest BCUT2D eigenvalue weighted by Gasteiger charge is 2.24. The first-order valence-corrected chi connectivity index (χ1v) is 7.22. The molecule has 0 aromatic heterocycles. The Hall–Kier alpha value is -2.04. The summed E-state index contributed by atoms with van der Waals surface area (Å²) in [6.45, 7) is 8.17. The van der Waals surface area contributed by atoms with E-state index in [0.29, 0.717) is 13.0 Å². The molecule has 5 heteroatoms. The van der Waals surface area contributed by atoms with Gasteiger partial charge in [0.25, 0.3) is 0 Å². The van der Waals surface area contributed by atoms with E-state index in [2.05, 4.69) is 5.32 Å². The molecule has 0 saturated heterocycles. The predicted octanol–water partition coefficient (Wildman–Crippen LogP) is 3.03. The van der Waals surface area contributed by atoms with Crippen molar-refractivity contribution in [3.05, 3.63) is 29.8 Å². The highest BCUT2D eigenvalue weighted by atomic mass is 16.4. The van der Waals surface area contributed by atoms with Gasteiger partial charge in [0.15, 0.2) is 0 Å². The fraction of sp³-hybridized carbons (Fsp3) is 0.500. The van der Waals surface area contributed by atoms with E-state index in [0.717, 1.165) is 11.3 Å². The third kappa shape index (κ3) is 5.10. The lowest BCUT2D eigenvalue weighted by Crippen LogP contribution is -2.48. The van der Waals surface area contributed by atoms with Crippen LogP contribution in [0.25, 0.3) is 0 Å². The van der Waals surface area contributed by atoms with Crippen molar-refractivity contribution in [1.82, 2.24) is 5.32 Å². The number of carbonyl (C=O) groups is 2. The number of aryl methyl sites for hydroxylation is 1. The molecule has 0 aliphatic rings. The molecule has 0 saturated carbocycles. The zero-order valence-electron chi connectivity index (χ0n) is 13.1. The molecule has 0 fully saturated rings. The third-order valence-corrected chi connectivity index (χ3v) is 3.21. The van der Waals surface area contributed by atoms with E-state index in [4.69, 9.17) is 0 Å². The smallest absolute Gasteiger partial charge is 0.326 e. The van der Waals surface area contributed by atoms with E-state index >= 15 is 0 Å². The number of nitrogens with one attached hydrogen (secondary N) is 1. The Bertz CT molecular complexity index is 483. The van der Waals surface area contributed by atoms with E-state index in [1.54, 1.807) is 0 Å². The number of hydrogen-bond donors (Lipinski definition) is 2.